The van der Waals surface area contributed by atoms with Crippen molar-refractivity contribution in [2.75, 3.05) is 12.5 Å². The molecule has 0 bridgehead atoms. The van der Waals surface area contributed by atoms with E-state index in [2.05, 4.69) is 31.6 Å². The number of nitrogens with one attached hydrogen (secondary N) is 2. The van der Waals surface area contributed by atoms with Crippen molar-refractivity contribution in [3.63, 3.8) is 0 Å². The number of aromatic amines is 1. The molecule has 0 saturated heterocycles. The highest BCUT2D eigenvalue weighted by Crippen LogP contribution is 2.34. The largest absolute Gasteiger partial charge is 0.493 e. The Hall–Kier alpha value is -3.10. The summed E-state index contributed by atoms with van der Waals surface area (Å²) >= 11 is 9.05. The van der Waals surface area contributed by atoms with Gasteiger partial charge in [-0.1, -0.05) is 76.6 Å². The van der Waals surface area contributed by atoms with E-state index in [-0.39, 0.29) is 0 Å². The van der Waals surface area contributed by atoms with Crippen LogP contribution in [0.1, 0.15) is 11.1 Å². The fraction of sp³-hybridized carbons (Fsp3) is 0.130. The number of nitrogens with zero attached hydrogens (tertiary/aromatic N) is 2. The third kappa shape index (κ3) is 4.98. The molecule has 0 unspecified atom stereocenters. The Balaban J connectivity index is 1.52. The third-order valence-corrected chi connectivity index (χ3v) is 5.71. The van der Waals surface area contributed by atoms with Gasteiger partial charge in [0.15, 0.2) is 17.3 Å². The van der Waals surface area contributed by atoms with Crippen LogP contribution in [0.4, 0.5) is 0 Å². The quantitative estimate of drug-likeness (QED) is 0.306. The molecule has 0 radical (unpaired) electrons. The first-order chi connectivity index (χ1) is 15.2. The summed E-state index contributed by atoms with van der Waals surface area (Å²) in [7, 11) is 1.63. The van der Waals surface area contributed by atoms with Gasteiger partial charge < -0.3 is 14.9 Å². The SMILES string of the molecule is COc1cc(CNn2c(-c3ccccc3)n[nH]c2=S)c(Br)cc1OCc1ccccc1. The van der Waals surface area contributed by atoms with Crippen LogP contribution in [-0.4, -0.2) is 22.0 Å². The highest BCUT2D eigenvalue weighted by Gasteiger charge is 2.13. The van der Waals surface area contributed by atoms with Crippen LogP contribution in [0.2, 0.25) is 0 Å². The summed E-state index contributed by atoms with van der Waals surface area (Å²) in [6.07, 6.45) is 0. The van der Waals surface area contributed by atoms with Gasteiger partial charge in [-0.25, -0.2) is 9.77 Å². The first-order valence-electron chi connectivity index (χ1n) is 9.65. The number of hydrogen-bond donors (Lipinski definition) is 2. The second kappa shape index (κ2) is 9.80. The van der Waals surface area contributed by atoms with Crippen molar-refractivity contribution in [1.29, 1.82) is 0 Å². The normalized spacial score (nSPS) is 10.6. The van der Waals surface area contributed by atoms with E-state index < -0.39 is 0 Å². The molecule has 158 valence electrons. The summed E-state index contributed by atoms with van der Waals surface area (Å²) in [5.41, 5.74) is 6.38. The van der Waals surface area contributed by atoms with E-state index >= 15 is 0 Å². The Morgan fingerprint density at radius 3 is 2.45 bits per heavy atom. The highest BCUT2D eigenvalue weighted by molar-refractivity contribution is 9.10. The van der Waals surface area contributed by atoms with E-state index in [4.69, 9.17) is 21.7 Å². The number of ether oxygens (including phenoxy) is 2. The van der Waals surface area contributed by atoms with E-state index in [0.717, 1.165) is 27.0 Å². The molecule has 1 aromatic heterocycles. The summed E-state index contributed by atoms with van der Waals surface area (Å²) < 4.78 is 14.7. The maximum atomic E-state index is 5.98. The molecule has 31 heavy (non-hydrogen) atoms. The lowest BCUT2D eigenvalue weighted by molar-refractivity contribution is 0.284. The molecule has 0 aliphatic heterocycles. The molecule has 0 fully saturated rings. The van der Waals surface area contributed by atoms with Crippen molar-refractivity contribution in [2.24, 2.45) is 0 Å². The van der Waals surface area contributed by atoms with Gasteiger partial charge in [0.2, 0.25) is 4.77 Å². The fourth-order valence-corrected chi connectivity index (χ4v) is 3.77. The number of aromatic nitrogens is 3. The van der Waals surface area contributed by atoms with E-state index in [1.807, 2.05) is 72.8 Å². The summed E-state index contributed by atoms with van der Waals surface area (Å²) in [5, 5.41) is 7.20. The van der Waals surface area contributed by atoms with Gasteiger partial charge in [0.05, 0.1) is 13.7 Å². The van der Waals surface area contributed by atoms with Crippen LogP contribution in [-0.2, 0) is 13.2 Å². The molecule has 0 atom stereocenters. The van der Waals surface area contributed by atoms with Crippen LogP contribution >= 0.6 is 28.1 Å². The Bertz CT molecular complexity index is 1210. The lowest BCUT2D eigenvalue weighted by atomic mass is 10.2. The van der Waals surface area contributed by atoms with E-state index in [1.54, 1.807) is 11.8 Å². The van der Waals surface area contributed by atoms with Crippen molar-refractivity contribution in [3.8, 4) is 22.9 Å². The van der Waals surface area contributed by atoms with Crippen LogP contribution in [0.3, 0.4) is 0 Å². The van der Waals surface area contributed by atoms with Crippen molar-refractivity contribution >= 4 is 28.1 Å². The molecule has 4 aromatic rings. The van der Waals surface area contributed by atoms with Crippen molar-refractivity contribution < 1.29 is 9.47 Å². The maximum absolute atomic E-state index is 5.98. The molecular formula is C23H21BrN4O2S. The summed E-state index contributed by atoms with van der Waals surface area (Å²) in [4.78, 5) is 0. The molecule has 0 aliphatic rings. The average Bonchev–Trinajstić information content (AvgIpc) is 3.18. The monoisotopic (exact) mass is 496 g/mol. The lowest BCUT2D eigenvalue weighted by Gasteiger charge is -2.15. The molecule has 0 saturated carbocycles. The van der Waals surface area contributed by atoms with E-state index in [0.29, 0.717) is 29.4 Å². The van der Waals surface area contributed by atoms with Crippen molar-refractivity contribution in [2.45, 2.75) is 13.2 Å². The van der Waals surface area contributed by atoms with Crippen molar-refractivity contribution in [3.05, 3.63) is 93.2 Å². The van der Waals surface area contributed by atoms with Gasteiger partial charge in [-0.3, -0.25) is 0 Å². The van der Waals surface area contributed by atoms with Gasteiger partial charge in [-0.15, -0.1) is 0 Å². The fourth-order valence-electron chi connectivity index (χ4n) is 3.11. The number of benzene rings is 3. The number of H-pyrrole nitrogens is 1. The minimum atomic E-state index is 0.464. The van der Waals surface area contributed by atoms with Crippen LogP contribution in [0.15, 0.2) is 77.3 Å². The van der Waals surface area contributed by atoms with E-state index in [9.17, 15) is 0 Å². The molecule has 0 aliphatic carbocycles. The number of hydrogen-bond acceptors (Lipinski definition) is 5. The van der Waals surface area contributed by atoms with Gasteiger partial charge in [0, 0.05) is 10.0 Å². The number of methoxy groups -OCH3 is 1. The number of rotatable bonds is 8. The first kappa shape index (κ1) is 21.1. The molecule has 6 nitrogen and oxygen atoms in total. The van der Waals surface area contributed by atoms with Crippen LogP contribution in [0, 0.1) is 4.77 Å². The second-order valence-corrected chi connectivity index (χ2v) is 8.00. The van der Waals surface area contributed by atoms with Gasteiger partial charge in [0.25, 0.3) is 0 Å². The summed E-state index contributed by atoms with van der Waals surface area (Å²) in [6, 6.07) is 23.8. The Kier molecular flexibility index (Phi) is 6.69. The zero-order valence-corrected chi connectivity index (χ0v) is 19.2. The molecule has 3 aromatic carbocycles. The molecule has 2 N–H and O–H groups in total. The standard InChI is InChI=1S/C23H21BrN4O2S/c1-29-20-12-18(19(24)13-21(20)30-15-16-8-4-2-5-9-16)14-25-28-22(26-27-23(28)31)17-10-6-3-7-11-17/h2-13,25H,14-15H2,1H3,(H,27,31). The average molecular weight is 497 g/mol. The summed E-state index contributed by atoms with van der Waals surface area (Å²) in [5.74, 6) is 2.05. The van der Waals surface area contributed by atoms with Crippen LogP contribution < -0.4 is 14.9 Å². The van der Waals surface area contributed by atoms with Crippen molar-refractivity contribution in [1.82, 2.24) is 14.9 Å². The second-order valence-electron chi connectivity index (χ2n) is 6.76. The van der Waals surface area contributed by atoms with Gasteiger partial charge in [-0.05, 0) is 35.5 Å². The minimum absolute atomic E-state index is 0.464. The Labute approximate surface area is 193 Å². The predicted octanol–water partition coefficient (Wildman–Crippen LogP) is 5.70. The Morgan fingerprint density at radius 2 is 1.74 bits per heavy atom. The molecule has 8 heteroatoms. The zero-order chi connectivity index (χ0) is 21.6. The van der Waals surface area contributed by atoms with Crippen LogP contribution in [0.25, 0.3) is 11.4 Å². The van der Waals surface area contributed by atoms with Crippen LogP contribution in [0.5, 0.6) is 11.5 Å². The summed E-state index contributed by atoms with van der Waals surface area (Å²) in [6.45, 7) is 0.968. The maximum Gasteiger partial charge on any atom is 0.214 e. The molecule has 0 spiro atoms. The Morgan fingerprint density at radius 1 is 1.03 bits per heavy atom. The van der Waals surface area contributed by atoms with Gasteiger partial charge in [0.1, 0.15) is 6.61 Å². The number of halogens is 1. The third-order valence-electron chi connectivity index (χ3n) is 4.70. The van der Waals surface area contributed by atoms with Gasteiger partial charge in [-0.2, -0.15) is 5.10 Å². The smallest absolute Gasteiger partial charge is 0.214 e. The molecule has 4 rings (SSSR count). The predicted molar refractivity (Wildman–Crippen MR) is 127 cm³/mol. The topological polar surface area (TPSA) is 64.1 Å². The lowest BCUT2D eigenvalue weighted by Crippen LogP contribution is -2.16. The first-order valence-corrected chi connectivity index (χ1v) is 10.9. The zero-order valence-electron chi connectivity index (χ0n) is 16.8. The van der Waals surface area contributed by atoms with Gasteiger partial charge >= 0.3 is 0 Å². The molecule has 1 heterocycles. The molecule has 0 amide bonds. The highest BCUT2D eigenvalue weighted by atomic mass is 79.9. The minimum Gasteiger partial charge on any atom is -0.493 e. The molecular weight excluding hydrogens is 476 g/mol. The van der Waals surface area contributed by atoms with E-state index in [1.165, 1.54) is 0 Å².